The second kappa shape index (κ2) is 17.7. The Kier molecular flexibility index (Phi) is 13.4. The molecule has 8 unspecified atom stereocenters. The molecule has 1 fully saturated rings. The summed E-state index contributed by atoms with van der Waals surface area (Å²) < 4.78 is 56.0. The van der Waals surface area contributed by atoms with Crippen molar-refractivity contribution in [3.05, 3.63) is 84.6 Å². The maximum atomic E-state index is 16.8. The van der Waals surface area contributed by atoms with Crippen LogP contribution in [-0.2, 0) is 20.6 Å². The molecule has 0 radical (unpaired) electrons. The highest BCUT2D eigenvalue weighted by Gasteiger charge is 2.59. The Hall–Kier alpha value is -3.92. The van der Waals surface area contributed by atoms with Gasteiger partial charge in [0, 0.05) is 18.3 Å². The molecule has 0 bridgehead atoms. The maximum absolute atomic E-state index is 16.8. The number of methoxy groups -OCH3 is 2. The van der Waals surface area contributed by atoms with E-state index in [1.54, 1.807) is 18.9 Å². The highest BCUT2D eigenvalue weighted by molar-refractivity contribution is 7.43. The minimum Gasteiger partial charge on any atom is -0.497 e. The van der Waals surface area contributed by atoms with Crippen LogP contribution in [0.15, 0.2) is 79.0 Å². The van der Waals surface area contributed by atoms with E-state index in [-0.39, 0.29) is 31.7 Å². The Morgan fingerprint density at radius 2 is 1.56 bits per heavy atom. The van der Waals surface area contributed by atoms with E-state index in [1.807, 2.05) is 88.4 Å². The Bertz CT molecular complexity index is 1710. The lowest BCUT2D eigenvalue weighted by Gasteiger charge is -2.38. The summed E-state index contributed by atoms with van der Waals surface area (Å²) in [4.78, 5) is 1.35. The van der Waals surface area contributed by atoms with Crippen molar-refractivity contribution in [3.63, 3.8) is 0 Å². The number of rotatable bonds is 15. The zero-order valence-electron chi connectivity index (χ0n) is 30.4. The molecule has 3 aromatic rings. The molecular weight excluding hydrogens is 686 g/mol. The number of ether oxygens (including phenoxy) is 4. The minimum atomic E-state index is -2.25. The van der Waals surface area contributed by atoms with Crippen molar-refractivity contribution in [1.82, 2.24) is 14.9 Å². The number of hydrogen-bond acceptors (Lipinski definition) is 10. The van der Waals surface area contributed by atoms with Crippen molar-refractivity contribution in [1.29, 1.82) is 5.26 Å². The number of nitrogens with one attached hydrogen (secondary N) is 1. The smallest absolute Gasteiger partial charge is 0.440 e. The van der Waals surface area contributed by atoms with Gasteiger partial charge in [-0.05, 0) is 96.5 Å². The van der Waals surface area contributed by atoms with Gasteiger partial charge in [-0.1, -0.05) is 41.1 Å². The molecular formula is C39H49FN4O7P+. The van der Waals surface area contributed by atoms with Crippen LogP contribution in [0.1, 0.15) is 39.7 Å². The molecule has 0 spiro atoms. The lowest BCUT2D eigenvalue weighted by Crippen LogP contribution is -2.56. The van der Waals surface area contributed by atoms with Crippen LogP contribution in [0.3, 0.4) is 0 Å². The van der Waals surface area contributed by atoms with Crippen molar-refractivity contribution in [3.8, 4) is 39.8 Å². The van der Waals surface area contributed by atoms with Gasteiger partial charge in [-0.2, -0.15) is 5.26 Å². The SMILES string of the molecule is COc1ccc(-c2ccc(COCC3OC(N4C=CC(O)NC4O)C(C(CC#N)[P+](=O)N(C(C)C)C(C)C)C3F)c(-c3ccc(OC)cc3)c2)cc1. The average molecular weight is 736 g/mol. The van der Waals surface area contributed by atoms with Gasteiger partial charge in [0.05, 0.1) is 45.8 Å². The Morgan fingerprint density at radius 3 is 2.12 bits per heavy atom. The van der Waals surface area contributed by atoms with Crippen molar-refractivity contribution in [2.24, 2.45) is 5.92 Å². The third-order valence-electron chi connectivity index (χ3n) is 9.49. The molecule has 0 amide bonds. The van der Waals surface area contributed by atoms with Gasteiger partial charge >= 0.3 is 7.95 Å². The molecule has 2 aliphatic rings. The molecule has 11 nitrogen and oxygen atoms in total. The summed E-state index contributed by atoms with van der Waals surface area (Å²) >= 11 is 0. The predicted octanol–water partition coefficient (Wildman–Crippen LogP) is 6.39. The molecule has 3 N–H and O–H groups in total. The summed E-state index contributed by atoms with van der Waals surface area (Å²) in [6.45, 7) is 7.64. The fraction of sp³-hybridized carbons (Fsp3) is 0.462. The molecule has 52 heavy (non-hydrogen) atoms. The molecule has 0 saturated carbocycles. The largest absolute Gasteiger partial charge is 0.497 e. The molecule has 5 rings (SSSR count). The summed E-state index contributed by atoms with van der Waals surface area (Å²) in [7, 11) is 0.998. The first kappa shape index (κ1) is 39.3. The maximum Gasteiger partial charge on any atom is 0.440 e. The van der Waals surface area contributed by atoms with Crippen LogP contribution in [0.5, 0.6) is 11.5 Å². The van der Waals surface area contributed by atoms with E-state index in [1.165, 1.54) is 17.2 Å². The molecule has 8 atom stereocenters. The van der Waals surface area contributed by atoms with E-state index in [4.69, 9.17) is 18.9 Å². The number of alkyl halides is 1. The first-order chi connectivity index (χ1) is 25.0. The van der Waals surface area contributed by atoms with Crippen molar-refractivity contribution >= 4 is 7.95 Å². The van der Waals surface area contributed by atoms with E-state index in [9.17, 15) is 20.0 Å². The molecule has 3 aromatic carbocycles. The Balaban J connectivity index is 1.42. The van der Waals surface area contributed by atoms with E-state index in [0.29, 0.717) is 0 Å². The zero-order chi connectivity index (χ0) is 37.5. The standard InChI is InChI=1S/C39H49FN4O7P/c1-24(2)44(25(3)4)52(47)34(17-19-41)36-37(40)33(51-38(36)43-20-18-35(45)42-39(43)46)23-50-22-29-8-7-28(26-9-13-30(48-5)14-10-26)21-32(29)27-11-15-31(49-6)16-12-27/h7-16,18,20-21,24-25,33-39,42,45-46H,17,22-23H2,1-6H3/q+1. The van der Waals surface area contributed by atoms with Crippen LogP contribution in [0, 0.1) is 17.2 Å². The topological polar surface area (TPSA) is 137 Å². The zero-order valence-corrected chi connectivity index (χ0v) is 31.3. The summed E-state index contributed by atoms with van der Waals surface area (Å²) in [6.07, 6.45) is -3.77. The van der Waals surface area contributed by atoms with Gasteiger partial charge in [-0.15, -0.1) is 0 Å². The summed E-state index contributed by atoms with van der Waals surface area (Å²) in [6, 6.07) is 23.5. The van der Waals surface area contributed by atoms with Gasteiger partial charge in [0.25, 0.3) is 0 Å². The molecule has 1 saturated heterocycles. The van der Waals surface area contributed by atoms with Crippen molar-refractivity contribution in [2.45, 2.75) is 89.5 Å². The summed E-state index contributed by atoms with van der Waals surface area (Å²) in [5.74, 6) is 0.424. The fourth-order valence-corrected chi connectivity index (χ4v) is 9.10. The highest BCUT2D eigenvalue weighted by atomic mass is 31.1. The average Bonchev–Trinajstić information content (AvgIpc) is 3.44. The molecule has 0 aliphatic carbocycles. The quantitative estimate of drug-likeness (QED) is 0.150. The van der Waals surface area contributed by atoms with Crippen molar-refractivity contribution in [2.75, 3.05) is 20.8 Å². The van der Waals surface area contributed by atoms with E-state index in [2.05, 4.69) is 17.5 Å². The van der Waals surface area contributed by atoms with Gasteiger partial charge in [0.2, 0.25) is 0 Å². The lowest BCUT2D eigenvalue weighted by atomic mass is 9.94. The number of aliphatic hydroxyl groups excluding tert-OH is 2. The first-order valence-corrected chi connectivity index (χ1v) is 18.7. The number of benzene rings is 3. The molecule has 278 valence electrons. The number of halogens is 1. The van der Waals surface area contributed by atoms with Gasteiger partial charge in [-0.25, -0.2) is 9.71 Å². The third-order valence-corrected chi connectivity index (χ3v) is 12.0. The number of hydrogen-bond donors (Lipinski definition) is 3. The second-order valence-corrected chi connectivity index (χ2v) is 15.2. The van der Waals surface area contributed by atoms with Gasteiger partial charge in [0.15, 0.2) is 12.0 Å². The first-order valence-electron chi connectivity index (χ1n) is 17.5. The summed E-state index contributed by atoms with van der Waals surface area (Å²) in [5, 5.41) is 33.3. The normalized spacial score (nSPS) is 24.0. The molecule has 2 aliphatic heterocycles. The Morgan fingerprint density at radius 1 is 0.962 bits per heavy atom. The van der Waals surface area contributed by atoms with E-state index < -0.39 is 50.6 Å². The van der Waals surface area contributed by atoms with Crippen LogP contribution in [-0.4, -0.2) is 89.4 Å². The van der Waals surface area contributed by atoms with E-state index >= 15 is 4.39 Å². The minimum absolute atomic E-state index is 0.129. The third kappa shape index (κ3) is 8.81. The molecule has 13 heteroatoms. The predicted molar refractivity (Wildman–Crippen MR) is 197 cm³/mol. The van der Waals surface area contributed by atoms with E-state index in [0.717, 1.165) is 39.3 Å². The van der Waals surface area contributed by atoms with Gasteiger partial charge < -0.3 is 34.1 Å². The van der Waals surface area contributed by atoms with Crippen LogP contribution < -0.4 is 14.8 Å². The monoisotopic (exact) mass is 735 g/mol. The van der Waals surface area contributed by atoms with Crippen LogP contribution in [0.25, 0.3) is 22.3 Å². The van der Waals surface area contributed by atoms with Gasteiger partial charge in [-0.3, -0.25) is 0 Å². The molecule has 0 aromatic heterocycles. The number of aliphatic hydroxyl groups is 2. The summed E-state index contributed by atoms with van der Waals surface area (Å²) in [5.41, 5.74) is 3.82. The molecule has 2 heterocycles. The van der Waals surface area contributed by atoms with Crippen LogP contribution in [0.2, 0.25) is 0 Å². The fourth-order valence-electron chi connectivity index (χ4n) is 7.00. The van der Waals surface area contributed by atoms with Gasteiger partial charge in [0.1, 0.15) is 36.2 Å². The lowest BCUT2D eigenvalue weighted by molar-refractivity contribution is -0.147. The Labute approximate surface area is 306 Å². The van der Waals surface area contributed by atoms with Crippen molar-refractivity contribution < 1.29 is 38.1 Å². The second-order valence-electron chi connectivity index (χ2n) is 13.5. The number of nitriles is 1. The van der Waals surface area contributed by atoms with Crippen LogP contribution in [0.4, 0.5) is 4.39 Å². The number of nitrogens with zero attached hydrogens (tertiary/aromatic N) is 3. The van der Waals surface area contributed by atoms with Crippen LogP contribution >= 0.6 is 7.95 Å². The highest BCUT2D eigenvalue weighted by Crippen LogP contribution is 2.49.